The van der Waals surface area contributed by atoms with Crippen LogP contribution in [0.15, 0.2) is 35.2 Å². The number of hydrogen-bond donors (Lipinski definition) is 0. The highest BCUT2D eigenvalue weighted by Crippen LogP contribution is 2.35. The van der Waals surface area contributed by atoms with Crippen molar-refractivity contribution in [3.63, 3.8) is 0 Å². The SMILES string of the molecule is CN(C(=O)CCc1cscn1)[C@H]1CCc2ccccc21. The van der Waals surface area contributed by atoms with E-state index in [9.17, 15) is 4.79 Å². The summed E-state index contributed by atoms with van der Waals surface area (Å²) in [5.41, 5.74) is 5.54. The van der Waals surface area contributed by atoms with E-state index in [1.165, 1.54) is 11.1 Å². The highest BCUT2D eigenvalue weighted by Gasteiger charge is 2.27. The third-order valence-corrected chi connectivity index (χ3v) is 4.68. The van der Waals surface area contributed by atoms with E-state index in [0.717, 1.165) is 25.0 Å². The second-order valence-corrected chi connectivity index (χ2v) is 5.96. The molecule has 3 nitrogen and oxygen atoms in total. The zero-order valence-electron chi connectivity index (χ0n) is 11.6. The predicted molar refractivity (Wildman–Crippen MR) is 80.7 cm³/mol. The number of nitrogens with zero attached hydrogens (tertiary/aromatic N) is 2. The summed E-state index contributed by atoms with van der Waals surface area (Å²) < 4.78 is 0. The number of benzene rings is 1. The lowest BCUT2D eigenvalue weighted by Crippen LogP contribution is -2.30. The van der Waals surface area contributed by atoms with Crippen molar-refractivity contribution in [2.75, 3.05) is 7.05 Å². The van der Waals surface area contributed by atoms with Crippen LogP contribution in [0.4, 0.5) is 0 Å². The fourth-order valence-electron chi connectivity index (χ4n) is 2.88. The van der Waals surface area contributed by atoms with Crippen LogP contribution in [0.3, 0.4) is 0 Å². The van der Waals surface area contributed by atoms with Crippen LogP contribution in [0.5, 0.6) is 0 Å². The Labute approximate surface area is 123 Å². The predicted octanol–water partition coefficient (Wildman–Crippen LogP) is 3.22. The summed E-state index contributed by atoms with van der Waals surface area (Å²) in [6.45, 7) is 0. The number of aryl methyl sites for hydroxylation is 2. The van der Waals surface area contributed by atoms with Gasteiger partial charge in [-0.05, 0) is 30.4 Å². The Kier molecular flexibility index (Phi) is 3.83. The second-order valence-electron chi connectivity index (χ2n) is 5.24. The van der Waals surface area contributed by atoms with Crippen molar-refractivity contribution in [2.45, 2.75) is 31.7 Å². The van der Waals surface area contributed by atoms with E-state index in [4.69, 9.17) is 0 Å². The van der Waals surface area contributed by atoms with Crippen LogP contribution in [0, 0.1) is 0 Å². The zero-order valence-corrected chi connectivity index (χ0v) is 12.4. The standard InChI is InChI=1S/C16H18N2OS/c1-18(16(19)9-7-13-10-20-11-17-13)15-8-6-12-4-2-3-5-14(12)15/h2-5,10-11,15H,6-9H2,1H3/t15-/m0/s1. The maximum Gasteiger partial charge on any atom is 0.223 e. The van der Waals surface area contributed by atoms with E-state index in [2.05, 4.69) is 29.2 Å². The number of aromatic nitrogens is 1. The van der Waals surface area contributed by atoms with Gasteiger partial charge >= 0.3 is 0 Å². The van der Waals surface area contributed by atoms with Gasteiger partial charge in [0.2, 0.25) is 5.91 Å². The molecule has 0 fully saturated rings. The van der Waals surface area contributed by atoms with Gasteiger partial charge in [-0.25, -0.2) is 4.98 Å². The van der Waals surface area contributed by atoms with Crippen LogP contribution in [0.25, 0.3) is 0 Å². The maximum atomic E-state index is 12.3. The molecule has 3 rings (SSSR count). The molecule has 0 radical (unpaired) electrons. The Balaban J connectivity index is 1.64. The molecule has 104 valence electrons. The third-order valence-electron chi connectivity index (χ3n) is 4.04. The number of carbonyl (C=O) groups excluding carboxylic acids is 1. The van der Waals surface area contributed by atoms with Gasteiger partial charge in [0.05, 0.1) is 17.2 Å². The number of hydrogen-bond acceptors (Lipinski definition) is 3. The highest BCUT2D eigenvalue weighted by atomic mass is 32.1. The monoisotopic (exact) mass is 286 g/mol. The minimum absolute atomic E-state index is 0.208. The average Bonchev–Trinajstić information content (AvgIpc) is 3.13. The van der Waals surface area contributed by atoms with Crippen molar-refractivity contribution in [1.29, 1.82) is 0 Å². The van der Waals surface area contributed by atoms with E-state index in [-0.39, 0.29) is 11.9 Å². The molecule has 1 atom stereocenters. The van der Waals surface area contributed by atoms with Crippen LogP contribution in [-0.2, 0) is 17.6 Å². The van der Waals surface area contributed by atoms with Gasteiger partial charge in [-0.2, -0.15) is 0 Å². The van der Waals surface area contributed by atoms with Crippen molar-refractivity contribution < 1.29 is 4.79 Å². The fourth-order valence-corrected chi connectivity index (χ4v) is 3.48. The molecule has 0 aliphatic heterocycles. The van der Waals surface area contributed by atoms with Crippen molar-refractivity contribution in [2.24, 2.45) is 0 Å². The van der Waals surface area contributed by atoms with Gasteiger partial charge in [0.1, 0.15) is 0 Å². The molecule has 0 bridgehead atoms. The number of thiazole rings is 1. The molecule has 1 aliphatic carbocycles. The first kappa shape index (κ1) is 13.3. The van der Waals surface area contributed by atoms with E-state index in [0.29, 0.717) is 6.42 Å². The first-order valence-electron chi connectivity index (χ1n) is 6.96. The van der Waals surface area contributed by atoms with E-state index >= 15 is 0 Å². The summed E-state index contributed by atoms with van der Waals surface area (Å²) in [4.78, 5) is 18.5. The first-order chi connectivity index (χ1) is 9.75. The summed E-state index contributed by atoms with van der Waals surface area (Å²) >= 11 is 1.58. The average molecular weight is 286 g/mol. The molecule has 0 saturated carbocycles. The van der Waals surface area contributed by atoms with Gasteiger partial charge in [-0.15, -0.1) is 11.3 Å². The van der Waals surface area contributed by atoms with Crippen molar-refractivity contribution in [1.82, 2.24) is 9.88 Å². The van der Waals surface area contributed by atoms with Crippen molar-refractivity contribution in [3.05, 3.63) is 52.0 Å². The van der Waals surface area contributed by atoms with Crippen LogP contribution >= 0.6 is 11.3 Å². The smallest absolute Gasteiger partial charge is 0.223 e. The van der Waals surface area contributed by atoms with Crippen molar-refractivity contribution >= 4 is 17.2 Å². The lowest BCUT2D eigenvalue weighted by atomic mass is 10.1. The van der Waals surface area contributed by atoms with Crippen LogP contribution in [0.1, 0.15) is 35.7 Å². The van der Waals surface area contributed by atoms with E-state index in [1.807, 2.05) is 22.8 Å². The molecule has 1 aromatic heterocycles. The summed E-state index contributed by atoms with van der Waals surface area (Å²) in [6, 6.07) is 8.70. The molecule has 0 saturated heterocycles. The minimum atomic E-state index is 0.208. The lowest BCUT2D eigenvalue weighted by Gasteiger charge is -2.25. The maximum absolute atomic E-state index is 12.3. The largest absolute Gasteiger partial charge is 0.339 e. The quantitative estimate of drug-likeness (QED) is 0.864. The van der Waals surface area contributed by atoms with Crippen LogP contribution < -0.4 is 0 Å². The molecular formula is C16H18N2OS. The van der Waals surface area contributed by atoms with Gasteiger partial charge < -0.3 is 4.90 Å². The lowest BCUT2D eigenvalue weighted by molar-refractivity contribution is -0.132. The number of rotatable bonds is 4. The summed E-state index contributed by atoms with van der Waals surface area (Å²) in [5, 5.41) is 2.01. The molecule has 0 spiro atoms. The molecule has 1 aliphatic rings. The number of carbonyl (C=O) groups is 1. The molecular weight excluding hydrogens is 268 g/mol. The van der Waals surface area contributed by atoms with Gasteiger partial charge in [0.25, 0.3) is 0 Å². The van der Waals surface area contributed by atoms with Crippen molar-refractivity contribution in [3.8, 4) is 0 Å². The van der Waals surface area contributed by atoms with E-state index in [1.54, 1.807) is 11.3 Å². The molecule has 0 N–H and O–H groups in total. The Hall–Kier alpha value is -1.68. The van der Waals surface area contributed by atoms with Gasteiger partial charge in [0.15, 0.2) is 0 Å². The second kappa shape index (κ2) is 5.75. The van der Waals surface area contributed by atoms with Gasteiger partial charge in [-0.1, -0.05) is 24.3 Å². The van der Waals surface area contributed by atoms with Crippen LogP contribution in [0.2, 0.25) is 0 Å². The zero-order chi connectivity index (χ0) is 13.9. The van der Waals surface area contributed by atoms with Crippen LogP contribution in [-0.4, -0.2) is 22.8 Å². The third kappa shape index (κ3) is 2.61. The molecule has 1 aromatic carbocycles. The molecule has 2 aromatic rings. The minimum Gasteiger partial charge on any atom is -0.339 e. The fraction of sp³-hybridized carbons (Fsp3) is 0.375. The molecule has 4 heteroatoms. The Bertz CT molecular complexity index is 594. The van der Waals surface area contributed by atoms with Gasteiger partial charge in [0, 0.05) is 18.8 Å². The number of fused-ring (bicyclic) bond motifs is 1. The topological polar surface area (TPSA) is 33.2 Å². The van der Waals surface area contributed by atoms with E-state index < -0.39 is 0 Å². The Morgan fingerprint density at radius 3 is 3.10 bits per heavy atom. The Morgan fingerprint density at radius 1 is 1.45 bits per heavy atom. The summed E-state index contributed by atoms with van der Waals surface area (Å²) in [6.07, 6.45) is 3.39. The summed E-state index contributed by atoms with van der Waals surface area (Å²) in [5.74, 6) is 0.208. The van der Waals surface area contributed by atoms with Gasteiger partial charge in [-0.3, -0.25) is 4.79 Å². The summed E-state index contributed by atoms with van der Waals surface area (Å²) in [7, 11) is 1.93. The molecule has 1 heterocycles. The number of amides is 1. The molecule has 1 amide bonds. The molecule has 20 heavy (non-hydrogen) atoms. The normalized spacial score (nSPS) is 16.9. The first-order valence-corrected chi connectivity index (χ1v) is 7.90. The molecule has 0 unspecified atom stereocenters. The highest BCUT2D eigenvalue weighted by molar-refractivity contribution is 7.07. The Morgan fingerprint density at radius 2 is 2.30 bits per heavy atom.